The molecule has 2 rings (SSSR count). The van der Waals surface area contributed by atoms with Crippen LogP contribution >= 0.6 is 0 Å². The summed E-state index contributed by atoms with van der Waals surface area (Å²) in [6, 6.07) is 4.36. The molecule has 1 aromatic heterocycles. The van der Waals surface area contributed by atoms with E-state index in [1.807, 2.05) is 0 Å². The Labute approximate surface area is 103 Å². The average molecular weight is 231 g/mol. The lowest BCUT2D eigenvalue weighted by Crippen LogP contribution is -2.21. The second-order valence-electron chi connectivity index (χ2n) is 6.76. The largest absolute Gasteiger partial charge is 0.356 e. The van der Waals surface area contributed by atoms with Crippen molar-refractivity contribution in [3.8, 4) is 0 Å². The summed E-state index contributed by atoms with van der Waals surface area (Å²) >= 11 is 0. The van der Waals surface area contributed by atoms with E-state index in [0.29, 0.717) is 0 Å². The molecule has 0 saturated carbocycles. The van der Waals surface area contributed by atoms with Gasteiger partial charge >= 0.3 is 0 Å². The predicted molar refractivity (Wildman–Crippen MR) is 71.4 cm³/mol. The average Bonchev–Trinajstić information content (AvgIpc) is 2.59. The number of benzene rings is 1. The zero-order valence-electron chi connectivity index (χ0n) is 11.6. The molecule has 0 fully saturated rings. The molecule has 0 amide bonds. The highest BCUT2D eigenvalue weighted by Gasteiger charge is 2.26. The van der Waals surface area contributed by atoms with Crippen LogP contribution in [0.15, 0.2) is 22.9 Å². The van der Waals surface area contributed by atoms with Gasteiger partial charge in [-0.2, -0.15) is 0 Å². The number of fused-ring (bicyclic) bond motifs is 1. The van der Waals surface area contributed by atoms with Gasteiger partial charge in [-0.25, -0.2) is 0 Å². The lowest BCUT2D eigenvalue weighted by Gasteiger charge is -2.29. The van der Waals surface area contributed by atoms with E-state index in [1.54, 1.807) is 6.20 Å². The summed E-state index contributed by atoms with van der Waals surface area (Å²) in [6.07, 6.45) is 1.79. The lowest BCUT2D eigenvalue weighted by molar-refractivity contribution is 0.454. The predicted octanol–water partition coefficient (Wildman–Crippen LogP) is 4.42. The highest BCUT2D eigenvalue weighted by molar-refractivity contribution is 5.78. The Balaban J connectivity index is 2.78. The van der Waals surface area contributed by atoms with Crippen LogP contribution in [0.25, 0.3) is 11.0 Å². The molecule has 0 aliphatic rings. The molecule has 0 aliphatic heterocycles. The molecular formula is C15H21NO. The van der Waals surface area contributed by atoms with Crippen LogP contribution in [-0.4, -0.2) is 5.16 Å². The van der Waals surface area contributed by atoms with Gasteiger partial charge in [0.1, 0.15) is 0 Å². The van der Waals surface area contributed by atoms with E-state index in [4.69, 9.17) is 4.52 Å². The van der Waals surface area contributed by atoms with Crippen LogP contribution < -0.4 is 0 Å². The third-order valence-electron chi connectivity index (χ3n) is 3.11. The van der Waals surface area contributed by atoms with E-state index in [2.05, 4.69) is 58.8 Å². The van der Waals surface area contributed by atoms with Crippen LogP contribution in [0.1, 0.15) is 52.7 Å². The first-order valence-electron chi connectivity index (χ1n) is 6.09. The molecule has 1 aromatic carbocycles. The van der Waals surface area contributed by atoms with Crippen molar-refractivity contribution < 1.29 is 4.52 Å². The standard InChI is InChI=1S/C15H21NO/c1-14(2,3)11-7-10-9-16-17-13(10)8-12(11)15(4,5)6/h7-9H,1-6H3. The van der Waals surface area contributed by atoms with Gasteiger partial charge in [-0.15, -0.1) is 0 Å². The smallest absolute Gasteiger partial charge is 0.167 e. The van der Waals surface area contributed by atoms with E-state index in [-0.39, 0.29) is 10.8 Å². The Hall–Kier alpha value is -1.31. The summed E-state index contributed by atoms with van der Waals surface area (Å²) < 4.78 is 5.27. The van der Waals surface area contributed by atoms with Crippen molar-refractivity contribution in [2.24, 2.45) is 0 Å². The topological polar surface area (TPSA) is 26.0 Å². The first-order valence-corrected chi connectivity index (χ1v) is 6.09. The molecule has 0 unspecified atom stereocenters. The fourth-order valence-electron chi connectivity index (χ4n) is 2.16. The van der Waals surface area contributed by atoms with Gasteiger partial charge in [0.2, 0.25) is 0 Å². The van der Waals surface area contributed by atoms with E-state index >= 15 is 0 Å². The maximum absolute atomic E-state index is 5.27. The lowest BCUT2D eigenvalue weighted by atomic mass is 9.75. The number of rotatable bonds is 0. The third-order valence-corrected chi connectivity index (χ3v) is 3.11. The first-order chi connectivity index (χ1) is 7.69. The van der Waals surface area contributed by atoms with Crippen LogP contribution in [0.5, 0.6) is 0 Å². The second-order valence-corrected chi connectivity index (χ2v) is 6.76. The minimum atomic E-state index is 0.115. The molecule has 2 heteroatoms. The van der Waals surface area contributed by atoms with Gasteiger partial charge in [-0.05, 0) is 34.1 Å². The number of nitrogens with zero attached hydrogens (tertiary/aromatic N) is 1. The molecule has 17 heavy (non-hydrogen) atoms. The summed E-state index contributed by atoms with van der Waals surface area (Å²) in [5.74, 6) is 0. The third kappa shape index (κ3) is 2.21. The summed E-state index contributed by atoms with van der Waals surface area (Å²) in [5.41, 5.74) is 3.84. The molecule has 2 nitrogen and oxygen atoms in total. The van der Waals surface area contributed by atoms with E-state index in [9.17, 15) is 0 Å². The Morgan fingerprint density at radius 2 is 1.41 bits per heavy atom. The molecule has 1 heterocycles. The zero-order chi connectivity index (χ0) is 12.8. The van der Waals surface area contributed by atoms with Crippen LogP contribution in [-0.2, 0) is 10.8 Å². The van der Waals surface area contributed by atoms with E-state index in [0.717, 1.165) is 11.0 Å². The van der Waals surface area contributed by atoms with Crippen LogP contribution in [0, 0.1) is 0 Å². The van der Waals surface area contributed by atoms with Crippen molar-refractivity contribution in [1.29, 1.82) is 0 Å². The normalized spacial score (nSPS) is 13.3. The maximum Gasteiger partial charge on any atom is 0.167 e. The summed E-state index contributed by atoms with van der Waals surface area (Å²) in [4.78, 5) is 0. The molecule has 0 saturated heterocycles. The van der Waals surface area contributed by atoms with E-state index in [1.165, 1.54) is 11.1 Å². The molecule has 0 spiro atoms. The molecule has 92 valence electrons. The Morgan fingerprint density at radius 3 is 1.94 bits per heavy atom. The van der Waals surface area contributed by atoms with Crippen molar-refractivity contribution in [3.63, 3.8) is 0 Å². The molecule has 0 radical (unpaired) electrons. The molecular weight excluding hydrogens is 210 g/mol. The summed E-state index contributed by atoms with van der Waals surface area (Å²) in [5, 5.41) is 4.96. The van der Waals surface area contributed by atoms with Gasteiger partial charge in [0, 0.05) is 5.39 Å². The van der Waals surface area contributed by atoms with Gasteiger partial charge in [0.15, 0.2) is 5.58 Å². The fourth-order valence-corrected chi connectivity index (χ4v) is 2.16. The minimum absolute atomic E-state index is 0.115. The monoisotopic (exact) mass is 231 g/mol. The van der Waals surface area contributed by atoms with Crippen LogP contribution in [0.2, 0.25) is 0 Å². The van der Waals surface area contributed by atoms with Gasteiger partial charge in [0.05, 0.1) is 6.20 Å². The SMILES string of the molecule is CC(C)(C)c1cc2cnoc2cc1C(C)(C)C. The highest BCUT2D eigenvalue weighted by atomic mass is 16.5. The molecule has 0 aliphatic carbocycles. The van der Waals surface area contributed by atoms with Crippen molar-refractivity contribution >= 4 is 11.0 Å². The summed E-state index contributed by atoms with van der Waals surface area (Å²) in [7, 11) is 0. The number of aromatic nitrogens is 1. The number of hydrogen-bond donors (Lipinski definition) is 0. The number of hydrogen-bond acceptors (Lipinski definition) is 2. The quantitative estimate of drug-likeness (QED) is 0.670. The van der Waals surface area contributed by atoms with Crippen molar-refractivity contribution in [2.45, 2.75) is 52.4 Å². The van der Waals surface area contributed by atoms with Crippen molar-refractivity contribution in [1.82, 2.24) is 5.16 Å². The van der Waals surface area contributed by atoms with Crippen LogP contribution in [0.3, 0.4) is 0 Å². The second kappa shape index (κ2) is 3.59. The van der Waals surface area contributed by atoms with Gasteiger partial charge < -0.3 is 4.52 Å². The van der Waals surface area contributed by atoms with Crippen LogP contribution in [0.4, 0.5) is 0 Å². The molecule has 0 atom stereocenters. The van der Waals surface area contributed by atoms with Gasteiger partial charge in [-0.3, -0.25) is 0 Å². The first kappa shape index (κ1) is 12.2. The highest BCUT2D eigenvalue weighted by Crippen LogP contribution is 2.36. The molecule has 0 bridgehead atoms. The van der Waals surface area contributed by atoms with E-state index < -0.39 is 0 Å². The fraction of sp³-hybridized carbons (Fsp3) is 0.533. The Bertz CT molecular complexity index is 490. The zero-order valence-corrected chi connectivity index (χ0v) is 11.6. The van der Waals surface area contributed by atoms with Crippen molar-refractivity contribution in [2.75, 3.05) is 0 Å². The van der Waals surface area contributed by atoms with Crippen molar-refractivity contribution in [3.05, 3.63) is 29.5 Å². The Kier molecular flexibility index (Phi) is 2.57. The van der Waals surface area contributed by atoms with Gasteiger partial charge in [-0.1, -0.05) is 46.7 Å². The maximum atomic E-state index is 5.27. The van der Waals surface area contributed by atoms with Gasteiger partial charge in [0.25, 0.3) is 0 Å². The minimum Gasteiger partial charge on any atom is -0.356 e. The molecule has 0 N–H and O–H groups in total. The summed E-state index contributed by atoms with van der Waals surface area (Å²) in [6.45, 7) is 13.4. The molecule has 2 aromatic rings. The Morgan fingerprint density at radius 1 is 0.882 bits per heavy atom.